The van der Waals surface area contributed by atoms with E-state index in [2.05, 4.69) is 5.92 Å². The molecule has 0 aliphatic carbocycles. The normalized spacial score (nSPS) is 11.1. The van der Waals surface area contributed by atoms with Crippen LogP contribution in [0.25, 0.3) is 0 Å². The summed E-state index contributed by atoms with van der Waals surface area (Å²) in [6.07, 6.45) is 5.71. The number of terminal acetylenes is 1. The highest BCUT2D eigenvalue weighted by Crippen LogP contribution is 2.30. The molecule has 0 N–H and O–H groups in total. The van der Waals surface area contributed by atoms with Gasteiger partial charge in [0.2, 0.25) is 0 Å². The van der Waals surface area contributed by atoms with Crippen LogP contribution in [-0.4, -0.2) is 37.8 Å². The van der Waals surface area contributed by atoms with Gasteiger partial charge in [-0.15, -0.1) is 6.42 Å². The molecule has 1 rings (SSSR count). The number of sulfonamides is 1. The molecule has 0 aliphatic rings. The molecule has 0 amide bonds. The first-order valence-corrected chi connectivity index (χ1v) is 7.58. The lowest BCUT2D eigenvalue weighted by atomic mass is 10.3. The fourth-order valence-electron chi connectivity index (χ4n) is 1.76. The van der Waals surface area contributed by atoms with E-state index in [-0.39, 0.29) is 18.8 Å². The quantitative estimate of drug-likeness (QED) is 0.434. The summed E-state index contributed by atoms with van der Waals surface area (Å²) >= 11 is 0. The lowest BCUT2D eigenvalue weighted by Gasteiger charge is -2.19. The number of nitrogens with zero attached hydrogens (tertiary/aromatic N) is 2. The van der Waals surface area contributed by atoms with E-state index in [0.717, 1.165) is 16.4 Å². The summed E-state index contributed by atoms with van der Waals surface area (Å²) in [4.78, 5) is 9.96. The molecule has 0 atom stereocenters. The van der Waals surface area contributed by atoms with Gasteiger partial charge in [-0.25, -0.2) is 8.42 Å². The Balaban J connectivity index is 3.42. The van der Waals surface area contributed by atoms with Crippen molar-refractivity contribution in [3.63, 3.8) is 0 Å². The van der Waals surface area contributed by atoms with Gasteiger partial charge in [0.25, 0.3) is 15.7 Å². The van der Waals surface area contributed by atoms with E-state index in [1.54, 1.807) is 6.92 Å². The van der Waals surface area contributed by atoms with Crippen LogP contribution in [0.4, 0.5) is 5.69 Å². The molecule has 0 aromatic heterocycles. The second-order valence-electron chi connectivity index (χ2n) is 4.13. The highest BCUT2D eigenvalue weighted by molar-refractivity contribution is 7.89. The molecule has 7 nitrogen and oxygen atoms in total. The molecular formula is C13H16N2O5S. The third-order valence-electron chi connectivity index (χ3n) is 2.72. The van der Waals surface area contributed by atoms with Crippen LogP contribution in [0.3, 0.4) is 0 Å². The van der Waals surface area contributed by atoms with Crippen molar-refractivity contribution in [2.75, 3.05) is 20.2 Å². The molecule has 1 aromatic rings. The van der Waals surface area contributed by atoms with Gasteiger partial charge in [-0.3, -0.25) is 10.1 Å². The average Bonchev–Trinajstić information content (AvgIpc) is 2.46. The van der Waals surface area contributed by atoms with Crippen molar-refractivity contribution in [1.29, 1.82) is 0 Å². The molecular weight excluding hydrogens is 296 g/mol. The second-order valence-corrected chi connectivity index (χ2v) is 6.04. The Kier molecular flexibility index (Phi) is 5.69. The molecule has 1 aromatic carbocycles. The van der Waals surface area contributed by atoms with Crippen LogP contribution >= 0.6 is 0 Å². The number of hydrogen-bond acceptors (Lipinski definition) is 5. The number of ether oxygens (including phenoxy) is 1. The molecule has 0 spiro atoms. The zero-order valence-corrected chi connectivity index (χ0v) is 12.6. The van der Waals surface area contributed by atoms with E-state index >= 15 is 0 Å². The molecule has 0 saturated heterocycles. The third kappa shape index (κ3) is 3.71. The van der Waals surface area contributed by atoms with Gasteiger partial charge in [0.1, 0.15) is 5.75 Å². The molecule has 21 heavy (non-hydrogen) atoms. The van der Waals surface area contributed by atoms with Crippen molar-refractivity contribution in [2.24, 2.45) is 0 Å². The van der Waals surface area contributed by atoms with Crippen LogP contribution in [0.5, 0.6) is 5.75 Å². The summed E-state index contributed by atoms with van der Waals surface area (Å²) in [5.41, 5.74) is -0.535. The predicted molar refractivity (Wildman–Crippen MR) is 77.5 cm³/mol. The van der Waals surface area contributed by atoms with E-state index in [0.29, 0.717) is 6.42 Å². The van der Waals surface area contributed by atoms with Crippen LogP contribution < -0.4 is 4.74 Å². The van der Waals surface area contributed by atoms with Crippen LogP contribution in [0.1, 0.15) is 13.3 Å². The van der Waals surface area contributed by atoms with Crippen LogP contribution in [-0.2, 0) is 10.0 Å². The number of nitro groups is 1. The predicted octanol–water partition coefficient (Wildman–Crippen LogP) is 1.64. The van der Waals surface area contributed by atoms with E-state index in [1.807, 2.05) is 0 Å². The molecule has 0 fully saturated rings. The van der Waals surface area contributed by atoms with Gasteiger partial charge in [0, 0.05) is 6.54 Å². The Bertz CT molecular complexity index is 664. The van der Waals surface area contributed by atoms with Gasteiger partial charge in [-0.05, 0) is 18.6 Å². The fraction of sp³-hybridized carbons (Fsp3) is 0.385. The number of methoxy groups -OCH3 is 1. The van der Waals surface area contributed by atoms with E-state index in [9.17, 15) is 18.5 Å². The highest BCUT2D eigenvalue weighted by Gasteiger charge is 2.31. The van der Waals surface area contributed by atoms with Crippen molar-refractivity contribution < 1.29 is 18.1 Å². The maximum atomic E-state index is 12.5. The van der Waals surface area contributed by atoms with Crippen molar-refractivity contribution in [3.8, 4) is 18.1 Å². The molecule has 0 heterocycles. The van der Waals surface area contributed by atoms with Crippen LogP contribution in [0.15, 0.2) is 23.1 Å². The molecule has 0 radical (unpaired) electrons. The summed E-state index contributed by atoms with van der Waals surface area (Å²) in [6, 6.07) is 3.60. The first-order chi connectivity index (χ1) is 9.88. The van der Waals surface area contributed by atoms with Crippen molar-refractivity contribution in [3.05, 3.63) is 28.3 Å². The van der Waals surface area contributed by atoms with Crippen LogP contribution in [0.2, 0.25) is 0 Å². The number of hydrogen-bond donors (Lipinski definition) is 0. The van der Waals surface area contributed by atoms with Crippen molar-refractivity contribution in [2.45, 2.75) is 18.2 Å². The largest absolute Gasteiger partial charge is 0.497 e. The van der Waals surface area contributed by atoms with Gasteiger partial charge in [0.15, 0.2) is 4.90 Å². The minimum atomic E-state index is -4.03. The standard InChI is InChI=1S/C13H16N2O5S/c1-4-8-14(9-5-2)21(18,19)13-7-6-11(20-3)10-12(13)15(16)17/h1,6-7,10H,5,8-9H2,2-3H3. The van der Waals surface area contributed by atoms with Gasteiger partial charge in [-0.1, -0.05) is 12.8 Å². The molecule has 114 valence electrons. The number of rotatable bonds is 7. The molecule has 8 heteroatoms. The Morgan fingerprint density at radius 3 is 2.62 bits per heavy atom. The van der Waals surface area contributed by atoms with E-state index in [4.69, 9.17) is 11.2 Å². The first-order valence-electron chi connectivity index (χ1n) is 6.14. The van der Waals surface area contributed by atoms with Crippen molar-refractivity contribution >= 4 is 15.7 Å². The molecule has 0 saturated carbocycles. The smallest absolute Gasteiger partial charge is 0.293 e. The molecule has 0 aliphatic heterocycles. The Hall–Kier alpha value is -2.11. The average molecular weight is 312 g/mol. The van der Waals surface area contributed by atoms with Crippen molar-refractivity contribution in [1.82, 2.24) is 4.31 Å². The highest BCUT2D eigenvalue weighted by atomic mass is 32.2. The first kappa shape index (κ1) is 16.9. The summed E-state index contributed by atoms with van der Waals surface area (Å²) in [7, 11) is -2.69. The van der Waals surface area contributed by atoms with E-state index < -0.39 is 25.5 Å². The lowest BCUT2D eigenvalue weighted by Crippen LogP contribution is -2.32. The Morgan fingerprint density at radius 1 is 1.48 bits per heavy atom. The van der Waals surface area contributed by atoms with Gasteiger partial charge in [-0.2, -0.15) is 4.31 Å². The number of benzene rings is 1. The second kappa shape index (κ2) is 7.06. The maximum absolute atomic E-state index is 12.5. The van der Waals surface area contributed by atoms with E-state index in [1.165, 1.54) is 13.2 Å². The lowest BCUT2D eigenvalue weighted by molar-refractivity contribution is -0.387. The summed E-state index contributed by atoms with van der Waals surface area (Å²) < 4.78 is 31.0. The third-order valence-corrected chi connectivity index (χ3v) is 4.61. The number of nitro benzene ring substituents is 1. The zero-order chi connectivity index (χ0) is 16.0. The summed E-state index contributed by atoms with van der Waals surface area (Å²) in [5, 5.41) is 11.1. The van der Waals surface area contributed by atoms with Gasteiger partial charge in [0.05, 0.1) is 24.6 Å². The fourth-order valence-corrected chi connectivity index (χ4v) is 3.34. The molecule has 0 unspecified atom stereocenters. The Labute approximate surface area is 123 Å². The SMILES string of the molecule is C#CCN(CCC)S(=O)(=O)c1ccc(OC)cc1[N+](=O)[O-]. The Morgan fingerprint density at radius 2 is 2.14 bits per heavy atom. The van der Waals surface area contributed by atoms with Crippen LogP contribution in [0, 0.1) is 22.5 Å². The monoisotopic (exact) mass is 312 g/mol. The minimum absolute atomic E-state index is 0.140. The zero-order valence-electron chi connectivity index (χ0n) is 11.8. The van der Waals surface area contributed by atoms with Gasteiger partial charge < -0.3 is 4.74 Å². The van der Waals surface area contributed by atoms with Gasteiger partial charge >= 0.3 is 0 Å². The summed E-state index contributed by atoms with van der Waals surface area (Å²) in [6.45, 7) is 1.84. The topological polar surface area (TPSA) is 89.8 Å². The molecule has 0 bridgehead atoms. The maximum Gasteiger partial charge on any atom is 0.293 e. The minimum Gasteiger partial charge on any atom is -0.497 e. The summed E-state index contributed by atoms with van der Waals surface area (Å²) in [5.74, 6) is 2.46.